The van der Waals surface area contributed by atoms with Crippen LogP contribution >= 0.6 is 0 Å². The van der Waals surface area contributed by atoms with E-state index in [0.29, 0.717) is 0 Å². The number of rotatable bonds is 12. The zero-order valence-electron chi connectivity index (χ0n) is 42.7. The summed E-state index contributed by atoms with van der Waals surface area (Å²) >= 11 is 0. The first-order chi connectivity index (χ1) is 38.6. The third-order valence-corrected chi connectivity index (χ3v) is 14.6. The lowest BCUT2D eigenvalue weighted by atomic mass is 9.90. The maximum absolute atomic E-state index is 4.41. The largest absolute Gasteiger partial charge is 0.264 e. The Morgan fingerprint density at radius 2 is 0.256 bits per heavy atom. The van der Waals surface area contributed by atoms with Crippen LogP contribution in [0.3, 0.4) is 0 Å². The van der Waals surface area contributed by atoms with Crippen molar-refractivity contribution in [2.24, 2.45) is 0 Å². The Bertz CT molecular complexity index is 3780. The van der Waals surface area contributed by atoms with Gasteiger partial charge in [-0.25, -0.2) is 0 Å². The summed E-state index contributed by atoms with van der Waals surface area (Å²) in [5, 5.41) is 0. The van der Waals surface area contributed by atoms with E-state index in [1.54, 1.807) is 0 Å². The van der Waals surface area contributed by atoms with Crippen LogP contribution in [0, 0.1) is 0 Å². The third-order valence-electron chi connectivity index (χ3n) is 14.6. The smallest absolute Gasteiger partial charge is 0.0346 e. The second-order valence-electron chi connectivity index (χ2n) is 19.6. The Morgan fingerprint density at radius 1 is 0.128 bits per heavy atom. The molecule has 0 radical (unpaired) electrons. The Labute approximate surface area is 455 Å². The maximum Gasteiger partial charge on any atom is 0.0346 e. The van der Waals surface area contributed by atoms with Gasteiger partial charge in [0.25, 0.3) is 0 Å². The highest BCUT2D eigenvalue weighted by molar-refractivity contribution is 5.88. The molecular formula is C74H50N4. The van der Waals surface area contributed by atoms with Crippen LogP contribution in [0.15, 0.2) is 304 Å². The van der Waals surface area contributed by atoms with Crippen molar-refractivity contribution in [3.8, 4) is 134 Å². The van der Waals surface area contributed by atoms with Crippen LogP contribution in [0.25, 0.3) is 134 Å². The quantitative estimate of drug-likeness (QED) is 0.122. The molecule has 0 aliphatic rings. The molecule has 0 aliphatic carbocycles. The molecule has 78 heavy (non-hydrogen) atoms. The first-order valence-corrected chi connectivity index (χ1v) is 26.3. The van der Waals surface area contributed by atoms with E-state index >= 15 is 0 Å². The normalized spacial score (nSPS) is 11.1. The van der Waals surface area contributed by atoms with Crippen molar-refractivity contribution in [2.75, 3.05) is 0 Å². The van der Waals surface area contributed by atoms with E-state index in [1.807, 2.05) is 73.8 Å². The van der Waals surface area contributed by atoms with E-state index in [0.717, 1.165) is 134 Å². The minimum atomic E-state index is 1.09. The third kappa shape index (κ3) is 10.2. The molecule has 366 valence electrons. The molecular weight excluding hydrogens is 945 g/mol. The van der Waals surface area contributed by atoms with E-state index in [1.165, 1.54) is 0 Å². The molecule has 0 N–H and O–H groups in total. The summed E-state index contributed by atoms with van der Waals surface area (Å²) in [6.45, 7) is 0. The first-order valence-electron chi connectivity index (χ1n) is 26.3. The number of pyridine rings is 4. The van der Waals surface area contributed by atoms with Gasteiger partial charge in [-0.3, -0.25) is 19.9 Å². The van der Waals surface area contributed by atoms with Gasteiger partial charge in [0.05, 0.1) is 0 Å². The highest BCUT2D eigenvalue weighted by atomic mass is 14.6. The first kappa shape index (κ1) is 47.3. The summed E-state index contributed by atoms with van der Waals surface area (Å²) in [6, 6.07) is 92.2. The minimum Gasteiger partial charge on any atom is -0.264 e. The van der Waals surface area contributed by atoms with Crippen molar-refractivity contribution in [1.82, 2.24) is 19.9 Å². The highest BCUT2D eigenvalue weighted by Gasteiger charge is 2.14. The molecule has 13 rings (SSSR count). The lowest BCUT2D eigenvalue weighted by Gasteiger charge is -2.15. The lowest BCUT2D eigenvalue weighted by Crippen LogP contribution is -1.89. The van der Waals surface area contributed by atoms with Crippen LogP contribution in [0.4, 0.5) is 0 Å². The van der Waals surface area contributed by atoms with Gasteiger partial charge in [-0.2, -0.15) is 0 Å². The molecule has 4 nitrogen and oxygen atoms in total. The van der Waals surface area contributed by atoms with Crippen molar-refractivity contribution in [3.63, 3.8) is 0 Å². The Kier molecular flexibility index (Phi) is 13.0. The van der Waals surface area contributed by atoms with Crippen LogP contribution in [0.1, 0.15) is 0 Å². The van der Waals surface area contributed by atoms with Gasteiger partial charge in [-0.05, 0) is 214 Å². The summed E-state index contributed by atoms with van der Waals surface area (Å²) in [4.78, 5) is 17.7. The van der Waals surface area contributed by atoms with Crippen LogP contribution < -0.4 is 0 Å². The molecule has 4 aromatic heterocycles. The van der Waals surface area contributed by atoms with Crippen LogP contribution in [-0.4, -0.2) is 19.9 Å². The molecule has 0 atom stereocenters. The Balaban J connectivity index is 0.867. The van der Waals surface area contributed by atoms with E-state index < -0.39 is 0 Å². The molecule has 0 fully saturated rings. The van der Waals surface area contributed by atoms with Crippen LogP contribution in [0.2, 0.25) is 0 Å². The number of nitrogens with zero attached hydrogens (tertiary/aromatic N) is 4. The summed E-state index contributed by atoms with van der Waals surface area (Å²) in [5.74, 6) is 0. The predicted octanol–water partition coefficient (Wildman–Crippen LogP) is 19.3. The second-order valence-corrected chi connectivity index (χ2v) is 19.6. The van der Waals surface area contributed by atoms with Crippen molar-refractivity contribution in [3.05, 3.63) is 304 Å². The molecule has 0 saturated heterocycles. The van der Waals surface area contributed by atoms with E-state index in [-0.39, 0.29) is 0 Å². The van der Waals surface area contributed by atoms with E-state index in [9.17, 15) is 0 Å². The number of benzene rings is 9. The van der Waals surface area contributed by atoms with Gasteiger partial charge in [0, 0.05) is 71.8 Å². The van der Waals surface area contributed by atoms with Crippen LogP contribution in [0.5, 0.6) is 0 Å². The monoisotopic (exact) mass is 994 g/mol. The van der Waals surface area contributed by atoms with Gasteiger partial charge in [-0.1, -0.05) is 152 Å². The van der Waals surface area contributed by atoms with Gasteiger partial charge in [0.2, 0.25) is 0 Å². The fraction of sp³-hybridized carbons (Fsp3) is 0. The molecule has 0 amide bonds. The maximum atomic E-state index is 4.41. The van der Waals surface area contributed by atoms with E-state index in [2.05, 4.69) is 250 Å². The molecule has 0 spiro atoms. The summed E-state index contributed by atoms with van der Waals surface area (Å²) in [7, 11) is 0. The lowest BCUT2D eigenvalue weighted by molar-refractivity contribution is 1.33. The minimum absolute atomic E-state index is 1.09. The Morgan fingerprint density at radius 3 is 0.410 bits per heavy atom. The molecule has 0 saturated carbocycles. The average molecular weight is 995 g/mol. The molecule has 4 heteroatoms. The van der Waals surface area contributed by atoms with Crippen molar-refractivity contribution >= 4 is 0 Å². The van der Waals surface area contributed by atoms with Gasteiger partial charge in [0.15, 0.2) is 0 Å². The molecule has 13 aromatic rings. The standard InChI is InChI=1S/C74H50N4/c1-12-51(53-14-2-20-59(35-53)69-41-71(61-22-4-16-55(37-61)65-26-8-30-75-47-65)45-72(42-69)62-23-5-17-56(38-62)66-27-9-31-76-48-66)34-52(13-1)54-15-3-21-60(36-54)70-43-73(63-24-6-18-57(39-63)67-28-10-32-77-49-67)46-74(44-70)64-25-7-19-58(40-64)68-29-11-33-78-50-68/h1-50H. The highest BCUT2D eigenvalue weighted by Crippen LogP contribution is 2.40. The fourth-order valence-electron chi connectivity index (χ4n) is 10.5. The average Bonchev–Trinajstić information content (AvgIpc) is 3.56. The predicted molar refractivity (Wildman–Crippen MR) is 323 cm³/mol. The van der Waals surface area contributed by atoms with E-state index in [4.69, 9.17) is 0 Å². The number of aromatic nitrogens is 4. The Hall–Kier alpha value is -10.4. The van der Waals surface area contributed by atoms with Crippen LogP contribution in [-0.2, 0) is 0 Å². The van der Waals surface area contributed by atoms with Crippen molar-refractivity contribution < 1.29 is 0 Å². The zero-order chi connectivity index (χ0) is 52.0. The molecule has 9 aromatic carbocycles. The number of hydrogen-bond acceptors (Lipinski definition) is 4. The molecule has 0 bridgehead atoms. The van der Waals surface area contributed by atoms with Gasteiger partial charge < -0.3 is 0 Å². The topological polar surface area (TPSA) is 51.6 Å². The van der Waals surface area contributed by atoms with Crippen molar-refractivity contribution in [1.29, 1.82) is 0 Å². The van der Waals surface area contributed by atoms with Crippen molar-refractivity contribution in [2.45, 2.75) is 0 Å². The fourth-order valence-corrected chi connectivity index (χ4v) is 10.5. The zero-order valence-corrected chi connectivity index (χ0v) is 42.7. The summed E-state index contributed by atoms with van der Waals surface area (Å²) < 4.78 is 0. The van der Waals surface area contributed by atoms with Gasteiger partial charge in [0.1, 0.15) is 0 Å². The molecule has 4 heterocycles. The summed E-state index contributed by atoms with van der Waals surface area (Å²) in [5.41, 5.74) is 27.1. The number of hydrogen-bond donors (Lipinski definition) is 0. The summed E-state index contributed by atoms with van der Waals surface area (Å²) in [6.07, 6.45) is 15.0. The molecule has 0 unspecified atom stereocenters. The SMILES string of the molecule is c1cncc(-c2cccc(-c3cc(-c4cccc(-c5cccnc5)c4)cc(-c4cccc(-c5cccc(-c6cccc(-c7cc(-c8cccc(-c9cccnc9)c8)cc(-c8cccc(-c9cccnc9)c8)c7)c6)c5)c4)c3)c2)c1. The second kappa shape index (κ2) is 21.4. The van der Waals surface area contributed by atoms with Gasteiger partial charge in [-0.15, -0.1) is 0 Å². The molecule has 0 aliphatic heterocycles. The van der Waals surface area contributed by atoms with Gasteiger partial charge >= 0.3 is 0 Å².